The lowest BCUT2D eigenvalue weighted by molar-refractivity contribution is 0.199. The van der Waals surface area contributed by atoms with Gasteiger partial charge in [0.15, 0.2) is 5.82 Å². The van der Waals surface area contributed by atoms with Crippen LogP contribution in [-0.2, 0) is 0 Å². The van der Waals surface area contributed by atoms with E-state index in [1.807, 2.05) is 24.3 Å². The molecule has 3 aromatic rings. The summed E-state index contributed by atoms with van der Waals surface area (Å²) in [6.45, 7) is 0. The standard InChI is InChI=1S/C17H16FN3O2S/c1-23-12-8-6-11(7-9-12)16-19-17(21-20-16)24-10-15(22)13-4-2-3-5-14(13)18/h2-9,15,22H,10H2,1H3,(H,19,20,21). The summed E-state index contributed by atoms with van der Waals surface area (Å²) in [5.41, 5.74) is 1.15. The molecule has 2 aromatic carbocycles. The number of nitrogens with one attached hydrogen (secondary N) is 1. The Hall–Kier alpha value is -2.38. The molecule has 0 radical (unpaired) electrons. The van der Waals surface area contributed by atoms with Crippen LogP contribution >= 0.6 is 11.8 Å². The first kappa shape index (κ1) is 16.5. The molecule has 24 heavy (non-hydrogen) atoms. The van der Waals surface area contributed by atoms with Gasteiger partial charge in [0.25, 0.3) is 0 Å². The first-order valence-electron chi connectivity index (χ1n) is 7.29. The van der Waals surface area contributed by atoms with E-state index < -0.39 is 11.9 Å². The van der Waals surface area contributed by atoms with Crippen LogP contribution < -0.4 is 4.74 Å². The Morgan fingerprint density at radius 2 is 1.96 bits per heavy atom. The van der Waals surface area contributed by atoms with E-state index in [1.165, 1.54) is 17.8 Å². The topological polar surface area (TPSA) is 71.0 Å². The first-order valence-corrected chi connectivity index (χ1v) is 8.28. The highest BCUT2D eigenvalue weighted by atomic mass is 32.2. The number of H-pyrrole nitrogens is 1. The molecule has 0 aliphatic heterocycles. The number of thioether (sulfide) groups is 1. The Morgan fingerprint density at radius 3 is 2.67 bits per heavy atom. The predicted molar refractivity (Wildman–Crippen MR) is 90.5 cm³/mol. The molecular formula is C17H16FN3O2S. The van der Waals surface area contributed by atoms with Gasteiger partial charge in [-0.3, -0.25) is 5.10 Å². The molecule has 0 saturated carbocycles. The van der Waals surface area contributed by atoms with Crippen molar-refractivity contribution in [2.24, 2.45) is 0 Å². The predicted octanol–water partition coefficient (Wildman–Crippen LogP) is 3.45. The van der Waals surface area contributed by atoms with Crippen LogP contribution in [0.15, 0.2) is 53.7 Å². The summed E-state index contributed by atoms with van der Waals surface area (Å²) >= 11 is 1.26. The number of aromatic nitrogens is 3. The van der Waals surface area contributed by atoms with Gasteiger partial charge >= 0.3 is 0 Å². The molecule has 7 heteroatoms. The number of ether oxygens (including phenoxy) is 1. The molecule has 124 valence electrons. The third-order valence-corrected chi connectivity index (χ3v) is 4.39. The molecule has 5 nitrogen and oxygen atoms in total. The van der Waals surface area contributed by atoms with Gasteiger partial charge in [-0.2, -0.15) is 0 Å². The maximum absolute atomic E-state index is 13.6. The van der Waals surface area contributed by atoms with Crippen LogP contribution in [0.5, 0.6) is 5.75 Å². The quantitative estimate of drug-likeness (QED) is 0.670. The minimum absolute atomic E-state index is 0.265. The lowest BCUT2D eigenvalue weighted by atomic mass is 10.1. The summed E-state index contributed by atoms with van der Waals surface area (Å²) in [5, 5.41) is 17.6. The highest BCUT2D eigenvalue weighted by Crippen LogP contribution is 2.26. The maximum Gasteiger partial charge on any atom is 0.208 e. The fourth-order valence-electron chi connectivity index (χ4n) is 2.18. The van der Waals surface area contributed by atoms with E-state index in [4.69, 9.17) is 4.74 Å². The Labute approximate surface area is 142 Å². The molecule has 0 spiro atoms. The van der Waals surface area contributed by atoms with Gasteiger partial charge in [-0.05, 0) is 30.3 Å². The van der Waals surface area contributed by atoms with E-state index in [9.17, 15) is 9.50 Å². The number of benzene rings is 2. The lowest BCUT2D eigenvalue weighted by Gasteiger charge is -2.09. The summed E-state index contributed by atoms with van der Waals surface area (Å²) in [6.07, 6.45) is -0.917. The van der Waals surface area contributed by atoms with E-state index >= 15 is 0 Å². The zero-order valence-corrected chi connectivity index (χ0v) is 13.8. The van der Waals surface area contributed by atoms with Crippen LogP contribution in [-0.4, -0.2) is 33.2 Å². The summed E-state index contributed by atoms with van der Waals surface area (Å²) in [7, 11) is 1.61. The average molecular weight is 345 g/mol. The number of halogens is 1. The van der Waals surface area contributed by atoms with Crippen LogP contribution in [0.1, 0.15) is 11.7 Å². The van der Waals surface area contributed by atoms with Crippen LogP contribution in [0.3, 0.4) is 0 Å². The van der Waals surface area contributed by atoms with Gasteiger partial charge in [0, 0.05) is 16.9 Å². The van der Waals surface area contributed by atoms with Gasteiger partial charge < -0.3 is 9.84 Å². The van der Waals surface area contributed by atoms with E-state index in [0.29, 0.717) is 11.0 Å². The molecule has 1 unspecified atom stereocenters. The molecule has 0 bridgehead atoms. The van der Waals surface area contributed by atoms with Gasteiger partial charge in [0.05, 0.1) is 13.2 Å². The summed E-state index contributed by atoms with van der Waals surface area (Å²) in [6, 6.07) is 13.6. The van der Waals surface area contributed by atoms with Crippen molar-refractivity contribution in [2.45, 2.75) is 11.3 Å². The highest BCUT2D eigenvalue weighted by molar-refractivity contribution is 7.99. The summed E-state index contributed by atoms with van der Waals surface area (Å²) in [5.74, 6) is 1.24. The molecule has 1 heterocycles. The zero-order chi connectivity index (χ0) is 16.9. The van der Waals surface area contributed by atoms with Crippen LogP contribution in [0, 0.1) is 5.82 Å². The number of aliphatic hydroxyl groups excluding tert-OH is 1. The van der Waals surface area contributed by atoms with Crippen molar-refractivity contribution < 1.29 is 14.2 Å². The van der Waals surface area contributed by atoms with Crippen molar-refractivity contribution in [1.82, 2.24) is 15.2 Å². The third-order valence-electron chi connectivity index (χ3n) is 3.46. The normalized spacial score (nSPS) is 12.1. The molecule has 2 N–H and O–H groups in total. The average Bonchev–Trinajstić information content (AvgIpc) is 3.09. The fourth-order valence-corrected chi connectivity index (χ4v) is 2.93. The van der Waals surface area contributed by atoms with Crippen LogP contribution in [0.2, 0.25) is 0 Å². The van der Waals surface area contributed by atoms with E-state index in [-0.39, 0.29) is 11.3 Å². The van der Waals surface area contributed by atoms with Crippen molar-refractivity contribution in [3.8, 4) is 17.1 Å². The number of aliphatic hydroxyl groups is 1. The molecule has 1 atom stereocenters. The van der Waals surface area contributed by atoms with Crippen molar-refractivity contribution in [3.63, 3.8) is 0 Å². The number of hydrogen-bond acceptors (Lipinski definition) is 5. The van der Waals surface area contributed by atoms with Gasteiger partial charge in [-0.15, -0.1) is 5.10 Å². The minimum Gasteiger partial charge on any atom is -0.497 e. The maximum atomic E-state index is 13.6. The molecular weight excluding hydrogens is 329 g/mol. The number of aromatic amines is 1. The minimum atomic E-state index is -0.917. The Balaban J connectivity index is 1.64. The van der Waals surface area contributed by atoms with Crippen LogP contribution in [0.4, 0.5) is 4.39 Å². The number of rotatable bonds is 6. The summed E-state index contributed by atoms with van der Waals surface area (Å²) < 4.78 is 18.8. The Kier molecular flexibility index (Phi) is 5.12. The largest absolute Gasteiger partial charge is 0.497 e. The van der Waals surface area contributed by atoms with Crippen molar-refractivity contribution >= 4 is 11.8 Å². The van der Waals surface area contributed by atoms with E-state index in [1.54, 1.807) is 25.3 Å². The van der Waals surface area contributed by atoms with Crippen molar-refractivity contribution in [3.05, 3.63) is 59.9 Å². The second-order valence-corrected chi connectivity index (χ2v) is 6.03. The first-order chi connectivity index (χ1) is 11.7. The second kappa shape index (κ2) is 7.46. The lowest BCUT2D eigenvalue weighted by Crippen LogP contribution is -2.03. The van der Waals surface area contributed by atoms with E-state index in [2.05, 4.69) is 15.2 Å². The molecule has 0 amide bonds. The number of hydrogen-bond donors (Lipinski definition) is 2. The van der Waals surface area contributed by atoms with Gasteiger partial charge in [-0.25, -0.2) is 9.37 Å². The summed E-state index contributed by atoms with van der Waals surface area (Å²) in [4.78, 5) is 4.37. The van der Waals surface area contributed by atoms with Gasteiger partial charge in [-0.1, -0.05) is 30.0 Å². The SMILES string of the molecule is COc1ccc(-c2nc(SCC(O)c3ccccc3F)n[nH]2)cc1. The second-order valence-electron chi connectivity index (χ2n) is 5.04. The van der Waals surface area contributed by atoms with Crippen molar-refractivity contribution in [1.29, 1.82) is 0 Å². The molecule has 0 fully saturated rings. The molecule has 0 saturated heterocycles. The van der Waals surface area contributed by atoms with Gasteiger partial charge in [0.1, 0.15) is 11.6 Å². The number of methoxy groups -OCH3 is 1. The fraction of sp³-hybridized carbons (Fsp3) is 0.176. The smallest absolute Gasteiger partial charge is 0.208 e. The molecule has 1 aromatic heterocycles. The monoisotopic (exact) mass is 345 g/mol. The van der Waals surface area contributed by atoms with E-state index in [0.717, 1.165) is 11.3 Å². The molecule has 0 aliphatic carbocycles. The van der Waals surface area contributed by atoms with Crippen molar-refractivity contribution in [2.75, 3.05) is 12.9 Å². The third kappa shape index (κ3) is 3.74. The van der Waals surface area contributed by atoms with Gasteiger partial charge in [0.2, 0.25) is 5.16 Å². The Bertz CT molecular complexity index is 808. The highest BCUT2D eigenvalue weighted by Gasteiger charge is 2.14. The Morgan fingerprint density at radius 1 is 1.21 bits per heavy atom. The number of nitrogens with zero attached hydrogens (tertiary/aromatic N) is 2. The molecule has 3 rings (SSSR count). The van der Waals surface area contributed by atoms with Crippen LogP contribution in [0.25, 0.3) is 11.4 Å². The zero-order valence-electron chi connectivity index (χ0n) is 12.9. The molecule has 0 aliphatic rings.